The van der Waals surface area contributed by atoms with Gasteiger partial charge in [-0.2, -0.15) is 5.10 Å². The van der Waals surface area contributed by atoms with Gasteiger partial charge in [0.1, 0.15) is 17.7 Å². The number of aryl methyl sites for hydroxylation is 2. The lowest BCUT2D eigenvalue weighted by Gasteiger charge is -2.20. The highest BCUT2D eigenvalue weighted by Crippen LogP contribution is 2.32. The maximum absolute atomic E-state index is 13.9. The Hall–Kier alpha value is -2.71. The van der Waals surface area contributed by atoms with Gasteiger partial charge in [-0.3, -0.25) is 4.79 Å². The maximum atomic E-state index is 13.9. The second-order valence-corrected chi connectivity index (χ2v) is 8.73. The van der Waals surface area contributed by atoms with E-state index in [0.29, 0.717) is 35.1 Å². The second kappa shape index (κ2) is 7.46. The first-order chi connectivity index (χ1) is 14.8. The van der Waals surface area contributed by atoms with Gasteiger partial charge in [-0.05, 0) is 39.4 Å². The van der Waals surface area contributed by atoms with Crippen LogP contribution in [0.2, 0.25) is 5.02 Å². The first-order valence-electron chi connectivity index (χ1n) is 10.3. The zero-order chi connectivity index (χ0) is 21.9. The zero-order valence-electron chi connectivity index (χ0n) is 17.7. The Balaban J connectivity index is 1.43. The molecule has 0 saturated carbocycles. The molecule has 5 rings (SSSR count). The number of carbonyl (C=O) groups is 1. The van der Waals surface area contributed by atoms with Crippen LogP contribution in [0.4, 0.5) is 4.39 Å². The van der Waals surface area contributed by atoms with Crippen LogP contribution in [0.1, 0.15) is 39.4 Å². The molecule has 0 aliphatic carbocycles. The maximum Gasteiger partial charge on any atom is 0.258 e. The minimum Gasteiger partial charge on any atom is -0.488 e. The van der Waals surface area contributed by atoms with Crippen LogP contribution in [0.15, 0.2) is 18.2 Å². The third-order valence-corrected chi connectivity index (χ3v) is 6.61. The third kappa shape index (κ3) is 3.43. The van der Waals surface area contributed by atoms with Crippen molar-refractivity contribution >= 4 is 23.2 Å². The second-order valence-electron chi connectivity index (χ2n) is 8.35. The van der Waals surface area contributed by atoms with Crippen molar-refractivity contribution in [2.24, 2.45) is 0 Å². The molecule has 1 fully saturated rings. The topological polar surface area (TPSA) is 63.0 Å². The van der Waals surface area contributed by atoms with Crippen molar-refractivity contribution in [3.05, 3.63) is 57.2 Å². The number of carbonyl (C=O) groups excluding carboxylic acids is 1. The monoisotopic (exact) mass is 443 g/mol. The summed E-state index contributed by atoms with van der Waals surface area (Å²) < 4.78 is 21.7. The molecular weight excluding hydrogens is 421 g/mol. The third-order valence-electron chi connectivity index (χ3n) is 6.06. The number of likely N-dealkylation sites (tertiary alicyclic amines) is 1. The van der Waals surface area contributed by atoms with Crippen LogP contribution >= 0.6 is 11.6 Å². The Labute approximate surface area is 184 Å². The lowest BCUT2D eigenvalue weighted by Crippen LogP contribution is -2.28. The predicted octanol–water partition coefficient (Wildman–Crippen LogP) is 3.38. The molecule has 1 amide bonds. The largest absolute Gasteiger partial charge is 0.488 e. The molecule has 0 radical (unpaired) electrons. The molecule has 2 aliphatic heterocycles. The van der Waals surface area contributed by atoms with Gasteiger partial charge in [0.25, 0.3) is 5.91 Å². The van der Waals surface area contributed by atoms with Crippen LogP contribution in [0.25, 0.3) is 5.65 Å². The lowest BCUT2D eigenvalue weighted by atomic mass is 10.1. The van der Waals surface area contributed by atoms with E-state index in [0.717, 1.165) is 42.2 Å². The first kappa shape index (κ1) is 20.2. The van der Waals surface area contributed by atoms with Gasteiger partial charge in [-0.25, -0.2) is 13.9 Å². The number of ether oxygens (including phenoxy) is 1. The molecule has 2 aromatic heterocycles. The van der Waals surface area contributed by atoms with Gasteiger partial charge in [0.2, 0.25) is 0 Å². The van der Waals surface area contributed by atoms with Crippen LogP contribution in [-0.4, -0.2) is 56.5 Å². The average Bonchev–Trinajstić information content (AvgIpc) is 3.41. The van der Waals surface area contributed by atoms with Crippen molar-refractivity contribution in [1.29, 1.82) is 0 Å². The van der Waals surface area contributed by atoms with Gasteiger partial charge >= 0.3 is 0 Å². The summed E-state index contributed by atoms with van der Waals surface area (Å²) in [4.78, 5) is 21.8. The summed E-state index contributed by atoms with van der Waals surface area (Å²) in [6.07, 6.45) is 0.790. The number of nitrogens with zero attached hydrogens (tertiary/aromatic N) is 5. The van der Waals surface area contributed by atoms with Gasteiger partial charge in [0, 0.05) is 24.7 Å². The minimum atomic E-state index is -0.424. The quantitative estimate of drug-likeness (QED) is 0.621. The van der Waals surface area contributed by atoms with E-state index in [4.69, 9.17) is 16.3 Å². The summed E-state index contributed by atoms with van der Waals surface area (Å²) in [5, 5.41) is 5.22. The van der Waals surface area contributed by atoms with Gasteiger partial charge < -0.3 is 14.5 Å². The molecule has 7 nitrogen and oxygen atoms in total. The molecule has 1 atom stereocenters. The molecule has 4 heterocycles. The number of rotatable bonds is 3. The molecule has 1 aromatic carbocycles. The van der Waals surface area contributed by atoms with Crippen LogP contribution in [-0.2, 0) is 13.1 Å². The van der Waals surface area contributed by atoms with Crippen LogP contribution in [0, 0.1) is 19.7 Å². The van der Waals surface area contributed by atoms with Crippen LogP contribution < -0.4 is 4.74 Å². The average molecular weight is 444 g/mol. The van der Waals surface area contributed by atoms with E-state index < -0.39 is 5.82 Å². The van der Waals surface area contributed by atoms with Gasteiger partial charge in [-0.1, -0.05) is 11.6 Å². The molecule has 9 heteroatoms. The Morgan fingerprint density at radius 1 is 1.29 bits per heavy atom. The molecule has 0 N–H and O–H groups in total. The van der Waals surface area contributed by atoms with Crippen molar-refractivity contribution < 1.29 is 13.9 Å². The number of hydrogen-bond acceptors (Lipinski definition) is 5. The Morgan fingerprint density at radius 2 is 2.10 bits per heavy atom. The summed E-state index contributed by atoms with van der Waals surface area (Å²) in [6, 6.07) is 4.10. The predicted molar refractivity (Wildman–Crippen MR) is 114 cm³/mol. The summed E-state index contributed by atoms with van der Waals surface area (Å²) in [5.41, 5.74) is 4.35. The van der Waals surface area contributed by atoms with Gasteiger partial charge in [0.05, 0.1) is 40.8 Å². The molecule has 0 bridgehead atoms. The molecule has 1 saturated heterocycles. The normalized spacial score (nSPS) is 18.7. The van der Waals surface area contributed by atoms with Gasteiger partial charge in [-0.15, -0.1) is 0 Å². The molecule has 2 aliphatic rings. The number of aromatic nitrogens is 3. The van der Waals surface area contributed by atoms with Crippen LogP contribution in [0.5, 0.6) is 5.75 Å². The Bertz CT molecular complexity index is 1210. The Kier molecular flexibility index (Phi) is 4.86. The van der Waals surface area contributed by atoms with E-state index in [9.17, 15) is 9.18 Å². The number of likely N-dealkylation sites (N-methyl/N-ethyl adjacent to an activating group) is 1. The smallest absolute Gasteiger partial charge is 0.258 e. The van der Waals surface area contributed by atoms with E-state index in [2.05, 4.69) is 15.0 Å². The molecule has 31 heavy (non-hydrogen) atoms. The summed E-state index contributed by atoms with van der Waals surface area (Å²) in [5.74, 6) is -0.340. The van der Waals surface area contributed by atoms with Crippen molar-refractivity contribution in [1.82, 2.24) is 24.4 Å². The fraction of sp³-hybridized carbons (Fsp3) is 0.409. The van der Waals surface area contributed by atoms with Crippen molar-refractivity contribution in [2.75, 3.05) is 20.1 Å². The highest BCUT2D eigenvalue weighted by atomic mass is 35.5. The zero-order valence-corrected chi connectivity index (χ0v) is 18.4. The lowest BCUT2D eigenvalue weighted by molar-refractivity contribution is 0.0742. The number of benzene rings is 1. The highest BCUT2D eigenvalue weighted by Gasteiger charge is 2.32. The van der Waals surface area contributed by atoms with Crippen LogP contribution in [0.3, 0.4) is 0 Å². The molecule has 0 spiro atoms. The summed E-state index contributed by atoms with van der Waals surface area (Å²) in [7, 11) is 2.02. The fourth-order valence-corrected chi connectivity index (χ4v) is 4.49. The molecule has 162 valence electrons. The summed E-state index contributed by atoms with van der Waals surface area (Å²) >= 11 is 6.31. The number of hydrogen-bond donors (Lipinski definition) is 0. The minimum absolute atomic E-state index is 0.0572. The molecular formula is C22H23ClFN5O2. The van der Waals surface area contributed by atoms with Crippen molar-refractivity contribution in [3.8, 4) is 5.75 Å². The van der Waals surface area contributed by atoms with E-state index in [-0.39, 0.29) is 12.0 Å². The first-order valence-corrected chi connectivity index (χ1v) is 10.7. The number of fused-ring (bicyclic) bond motifs is 3. The van der Waals surface area contributed by atoms with E-state index in [1.165, 1.54) is 18.2 Å². The van der Waals surface area contributed by atoms with Gasteiger partial charge in [0.15, 0.2) is 5.65 Å². The van der Waals surface area contributed by atoms with E-state index in [1.807, 2.05) is 20.9 Å². The molecule has 3 aromatic rings. The van der Waals surface area contributed by atoms with Crippen molar-refractivity contribution in [2.45, 2.75) is 39.5 Å². The highest BCUT2D eigenvalue weighted by molar-refractivity contribution is 6.31. The summed E-state index contributed by atoms with van der Waals surface area (Å²) in [6.45, 7) is 6.17. The van der Waals surface area contributed by atoms with E-state index >= 15 is 0 Å². The fourth-order valence-electron chi connectivity index (χ4n) is 4.37. The number of amides is 1. The SMILES string of the molecule is Cc1nc2c3c(nn2c(C)c1Cl)CN(C(=O)c1ccc(F)cc1OC1CCN(C)C1)C3. The number of halogens is 2. The molecule has 1 unspecified atom stereocenters. The van der Waals surface area contributed by atoms with E-state index in [1.54, 1.807) is 9.42 Å². The van der Waals surface area contributed by atoms with Crippen molar-refractivity contribution in [3.63, 3.8) is 0 Å². The standard InChI is InChI=1S/C22H23ClFN5O2/c1-12-20(23)13(2)29-21(25-12)17-10-28(11-18(17)26-29)22(30)16-5-4-14(24)8-19(16)31-15-6-7-27(3)9-15/h4-5,8,15H,6-7,9-11H2,1-3H3. The Morgan fingerprint density at radius 3 is 2.84 bits per heavy atom.